The van der Waals surface area contributed by atoms with Crippen molar-refractivity contribution in [2.45, 2.75) is 13.0 Å². The fourth-order valence-electron chi connectivity index (χ4n) is 2.44. The summed E-state index contributed by atoms with van der Waals surface area (Å²) in [6.45, 7) is 2.03. The zero-order valence-corrected chi connectivity index (χ0v) is 11.2. The number of hydrazine groups is 1. The van der Waals surface area contributed by atoms with Crippen LogP contribution in [-0.4, -0.2) is 9.97 Å². The van der Waals surface area contributed by atoms with Gasteiger partial charge in [-0.3, -0.25) is 15.8 Å². The number of nitrogens with two attached hydrogens (primary N) is 1. The average Bonchev–Trinajstić information content (AvgIpc) is 2.50. The van der Waals surface area contributed by atoms with Gasteiger partial charge in [0.1, 0.15) is 0 Å². The SMILES string of the molecule is Cc1cnccc1C(NN)c1ccc2cccnc2c1. The van der Waals surface area contributed by atoms with Crippen molar-refractivity contribution in [3.8, 4) is 0 Å². The van der Waals surface area contributed by atoms with E-state index in [1.165, 1.54) is 0 Å². The molecule has 0 saturated carbocycles. The molecule has 0 fully saturated rings. The normalized spacial score (nSPS) is 12.5. The van der Waals surface area contributed by atoms with E-state index in [1.807, 2.05) is 25.3 Å². The van der Waals surface area contributed by atoms with Crippen molar-refractivity contribution in [3.63, 3.8) is 0 Å². The lowest BCUT2D eigenvalue weighted by Gasteiger charge is -2.19. The molecule has 20 heavy (non-hydrogen) atoms. The molecule has 1 atom stereocenters. The van der Waals surface area contributed by atoms with Gasteiger partial charge < -0.3 is 0 Å². The number of nitrogens with zero attached hydrogens (tertiary/aromatic N) is 2. The molecule has 0 bridgehead atoms. The highest BCUT2D eigenvalue weighted by Crippen LogP contribution is 2.25. The van der Waals surface area contributed by atoms with Gasteiger partial charge in [-0.05, 0) is 41.8 Å². The quantitative estimate of drug-likeness (QED) is 0.563. The van der Waals surface area contributed by atoms with E-state index < -0.39 is 0 Å². The topological polar surface area (TPSA) is 63.8 Å². The second-order valence-electron chi connectivity index (χ2n) is 4.79. The monoisotopic (exact) mass is 264 g/mol. The molecule has 1 unspecified atom stereocenters. The molecule has 3 aromatic rings. The summed E-state index contributed by atoms with van der Waals surface area (Å²) in [5.41, 5.74) is 7.18. The van der Waals surface area contributed by atoms with Crippen LogP contribution in [0, 0.1) is 6.92 Å². The van der Waals surface area contributed by atoms with Gasteiger partial charge in [0.25, 0.3) is 0 Å². The van der Waals surface area contributed by atoms with Gasteiger partial charge in [-0.25, -0.2) is 5.43 Å². The molecule has 0 aliphatic carbocycles. The Labute approximate surface area is 117 Å². The lowest BCUT2D eigenvalue weighted by atomic mass is 9.96. The predicted octanol–water partition coefficient (Wildman–Crippen LogP) is 2.49. The Bertz CT molecular complexity index is 739. The van der Waals surface area contributed by atoms with Crippen LogP contribution in [0.4, 0.5) is 0 Å². The maximum absolute atomic E-state index is 5.76. The first kappa shape index (κ1) is 12.7. The van der Waals surface area contributed by atoms with Gasteiger partial charge in [-0.15, -0.1) is 0 Å². The number of benzene rings is 1. The minimum Gasteiger partial charge on any atom is -0.271 e. The highest BCUT2D eigenvalue weighted by Gasteiger charge is 2.15. The third-order valence-electron chi connectivity index (χ3n) is 3.50. The number of hydrogen-bond acceptors (Lipinski definition) is 4. The van der Waals surface area contributed by atoms with Crippen LogP contribution in [0.5, 0.6) is 0 Å². The minimum absolute atomic E-state index is 0.0654. The predicted molar refractivity (Wildman–Crippen MR) is 79.9 cm³/mol. The molecular formula is C16H16N4. The molecule has 3 N–H and O–H groups in total. The van der Waals surface area contributed by atoms with Gasteiger partial charge in [0.05, 0.1) is 11.6 Å². The number of fused-ring (bicyclic) bond motifs is 1. The van der Waals surface area contributed by atoms with Crippen LogP contribution in [0.15, 0.2) is 55.0 Å². The van der Waals surface area contributed by atoms with E-state index in [4.69, 9.17) is 5.84 Å². The molecular weight excluding hydrogens is 248 g/mol. The van der Waals surface area contributed by atoms with Gasteiger partial charge in [-0.2, -0.15) is 0 Å². The van der Waals surface area contributed by atoms with Crippen LogP contribution >= 0.6 is 0 Å². The van der Waals surface area contributed by atoms with E-state index >= 15 is 0 Å². The van der Waals surface area contributed by atoms with Crippen LogP contribution in [0.1, 0.15) is 22.7 Å². The molecule has 0 saturated heterocycles. The first-order valence-electron chi connectivity index (χ1n) is 6.51. The number of nitrogens with one attached hydrogen (secondary N) is 1. The molecule has 4 heteroatoms. The summed E-state index contributed by atoms with van der Waals surface area (Å²) in [4.78, 5) is 8.52. The van der Waals surface area contributed by atoms with Gasteiger partial charge in [-0.1, -0.05) is 18.2 Å². The summed E-state index contributed by atoms with van der Waals surface area (Å²) in [6.07, 6.45) is 5.43. The first-order chi connectivity index (χ1) is 9.79. The van der Waals surface area contributed by atoms with Crippen molar-refractivity contribution in [1.82, 2.24) is 15.4 Å². The van der Waals surface area contributed by atoms with Crippen LogP contribution in [0.3, 0.4) is 0 Å². The molecule has 3 rings (SSSR count). The Kier molecular flexibility index (Phi) is 3.41. The maximum atomic E-state index is 5.76. The van der Waals surface area contributed by atoms with E-state index in [2.05, 4.69) is 39.7 Å². The standard InChI is InChI=1S/C16H16N4/c1-11-10-18-8-6-14(11)16(20-17)13-5-4-12-3-2-7-19-15(12)9-13/h2-10,16,20H,17H2,1H3. The van der Waals surface area contributed by atoms with Crippen molar-refractivity contribution >= 4 is 10.9 Å². The van der Waals surface area contributed by atoms with Crippen LogP contribution in [0.25, 0.3) is 10.9 Å². The molecule has 100 valence electrons. The first-order valence-corrected chi connectivity index (χ1v) is 6.51. The Morgan fingerprint density at radius 1 is 1.15 bits per heavy atom. The fraction of sp³-hybridized carbons (Fsp3) is 0.125. The highest BCUT2D eigenvalue weighted by atomic mass is 15.2. The van der Waals surface area contributed by atoms with E-state index in [-0.39, 0.29) is 6.04 Å². The van der Waals surface area contributed by atoms with E-state index in [0.29, 0.717) is 0 Å². The van der Waals surface area contributed by atoms with Crippen molar-refractivity contribution < 1.29 is 0 Å². The van der Waals surface area contributed by atoms with Crippen molar-refractivity contribution in [3.05, 3.63) is 71.7 Å². The van der Waals surface area contributed by atoms with Gasteiger partial charge in [0, 0.05) is 24.0 Å². The summed E-state index contributed by atoms with van der Waals surface area (Å²) in [7, 11) is 0. The Hall–Kier alpha value is -2.30. The third kappa shape index (κ3) is 2.27. The molecule has 0 amide bonds. The van der Waals surface area contributed by atoms with Crippen molar-refractivity contribution in [1.29, 1.82) is 0 Å². The minimum atomic E-state index is -0.0654. The zero-order chi connectivity index (χ0) is 13.9. The Morgan fingerprint density at radius 3 is 2.85 bits per heavy atom. The summed E-state index contributed by atoms with van der Waals surface area (Å²) in [6, 6.07) is 12.1. The number of aryl methyl sites for hydroxylation is 1. The molecule has 1 aromatic carbocycles. The molecule has 2 aromatic heterocycles. The molecule has 0 aliphatic rings. The second-order valence-corrected chi connectivity index (χ2v) is 4.79. The van der Waals surface area contributed by atoms with E-state index in [1.54, 1.807) is 12.4 Å². The van der Waals surface area contributed by atoms with Crippen molar-refractivity contribution in [2.24, 2.45) is 5.84 Å². The lowest BCUT2D eigenvalue weighted by molar-refractivity contribution is 0.633. The summed E-state index contributed by atoms with van der Waals surface area (Å²) in [5.74, 6) is 5.76. The summed E-state index contributed by atoms with van der Waals surface area (Å²) in [5, 5.41) is 1.12. The molecule has 0 aliphatic heterocycles. The van der Waals surface area contributed by atoms with E-state index in [0.717, 1.165) is 27.6 Å². The Balaban J connectivity index is 2.10. The summed E-state index contributed by atoms with van der Waals surface area (Å²) >= 11 is 0. The number of hydrogen-bond donors (Lipinski definition) is 2. The summed E-state index contributed by atoms with van der Waals surface area (Å²) < 4.78 is 0. The fourth-order valence-corrected chi connectivity index (χ4v) is 2.44. The molecule has 0 radical (unpaired) electrons. The van der Waals surface area contributed by atoms with Crippen LogP contribution in [0.2, 0.25) is 0 Å². The van der Waals surface area contributed by atoms with Crippen LogP contribution < -0.4 is 11.3 Å². The average molecular weight is 264 g/mol. The van der Waals surface area contributed by atoms with Gasteiger partial charge in [0.2, 0.25) is 0 Å². The van der Waals surface area contributed by atoms with Crippen molar-refractivity contribution in [2.75, 3.05) is 0 Å². The second kappa shape index (κ2) is 5.36. The third-order valence-corrected chi connectivity index (χ3v) is 3.50. The number of aromatic nitrogens is 2. The maximum Gasteiger partial charge on any atom is 0.0714 e. The van der Waals surface area contributed by atoms with Gasteiger partial charge >= 0.3 is 0 Å². The lowest BCUT2D eigenvalue weighted by Crippen LogP contribution is -2.29. The molecule has 4 nitrogen and oxygen atoms in total. The molecule has 0 spiro atoms. The number of rotatable bonds is 3. The zero-order valence-electron chi connectivity index (χ0n) is 11.2. The highest BCUT2D eigenvalue weighted by molar-refractivity contribution is 5.79. The van der Waals surface area contributed by atoms with E-state index in [9.17, 15) is 0 Å². The largest absolute Gasteiger partial charge is 0.271 e. The van der Waals surface area contributed by atoms with Crippen LogP contribution in [-0.2, 0) is 0 Å². The van der Waals surface area contributed by atoms with Gasteiger partial charge in [0.15, 0.2) is 0 Å². The Morgan fingerprint density at radius 2 is 2.05 bits per heavy atom. The number of pyridine rings is 2. The molecule has 2 heterocycles. The smallest absolute Gasteiger partial charge is 0.0714 e.